The normalized spacial score (nSPS) is 18.3. The lowest BCUT2D eigenvalue weighted by molar-refractivity contribution is 0.330. The van der Waals surface area contributed by atoms with Crippen LogP contribution in [0, 0.1) is 31.5 Å². The van der Waals surface area contributed by atoms with Crippen molar-refractivity contribution < 1.29 is 9.13 Å². The van der Waals surface area contributed by atoms with Gasteiger partial charge in [-0.3, -0.25) is 4.57 Å². The monoisotopic (exact) mass is 612 g/mol. The molecule has 0 N–H and O–H groups in total. The molecule has 1 aliphatic carbocycles. The van der Waals surface area contributed by atoms with E-state index >= 15 is 0 Å². The Morgan fingerprint density at radius 3 is 2.43 bits per heavy atom. The average Bonchev–Trinajstić information content (AvgIpc) is 3.56. The predicted molar refractivity (Wildman–Crippen MR) is 185 cm³/mol. The van der Waals surface area contributed by atoms with Gasteiger partial charge in [0.2, 0.25) is 0 Å². The molecule has 1 unspecified atom stereocenters. The number of aryl methyl sites for hydroxylation is 1. The van der Waals surface area contributed by atoms with Crippen LogP contribution in [0.5, 0.6) is 11.5 Å². The van der Waals surface area contributed by atoms with Gasteiger partial charge in [0.05, 0.1) is 22.4 Å². The van der Waals surface area contributed by atoms with Gasteiger partial charge >= 0.3 is 0 Å². The molecule has 1 aliphatic rings. The molecule has 3 aromatic heterocycles. The lowest BCUT2D eigenvalue weighted by Gasteiger charge is -2.36. The van der Waals surface area contributed by atoms with Crippen LogP contribution in [-0.2, 0) is 0 Å². The van der Waals surface area contributed by atoms with Gasteiger partial charge in [0, 0.05) is 52.3 Å². The number of fused-ring (bicyclic) bond motifs is 3. The summed E-state index contributed by atoms with van der Waals surface area (Å²) in [5, 5.41) is 7.22. The van der Waals surface area contributed by atoms with Crippen LogP contribution in [0.3, 0.4) is 0 Å². The van der Waals surface area contributed by atoms with Crippen molar-refractivity contribution in [3.8, 4) is 23.0 Å². The summed E-state index contributed by atoms with van der Waals surface area (Å²) in [5.41, 5.74) is 8.08. The summed E-state index contributed by atoms with van der Waals surface area (Å²) in [5.74, 6) is 3.33. The Morgan fingerprint density at radius 2 is 1.65 bits per heavy atom. The molecule has 3 heterocycles. The van der Waals surface area contributed by atoms with Crippen LogP contribution < -0.4 is 4.74 Å². The molecule has 7 rings (SSSR count). The smallest absolute Gasteiger partial charge is 0.140 e. The van der Waals surface area contributed by atoms with Crippen LogP contribution >= 0.6 is 0 Å². The molecule has 0 fully saturated rings. The molecule has 0 spiro atoms. The molecular weight excluding hydrogens is 571 g/mol. The summed E-state index contributed by atoms with van der Waals surface area (Å²) < 4.78 is 24.8. The van der Waals surface area contributed by atoms with Gasteiger partial charge in [-0.1, -0.05) is 63.1 Å². The second kappa shape index (κ2) is 12.2. The Balaban J connectivity index is 1.25. The Hall–Kier alpha value is -4.71. The standard InChI is InChI=1S/C40H41FN4O/c1-6-27-20-28(7-2)40(29(8-3)21-27)39-25(4)43-45(26(39)5)31-12-11-13-32(23-31)46-33-16-17-35-34-14-9-10-15-36(34)44(37(35)24-33)38-22-30(41)18-19-42-38/h9-20,22-24,27,29,40H,6-8,21H2,1-5H3/t27-,29-,40?/m0/s1. The first-order valence-corrected chi connectivity index (χ1v) is 16.6. The number of halogens is 1. The lowest BCUT2D eigenvalue weighted by Crippen LogP contribution is -2.24. The van der Waals surface area contributed by atoms with Gasteiger partial charge in [0.25, 0.3) is 0 Å². The molecule has 0 saturated heterocycles. The number of hydrogen-bond acceptors (Lipinski definition) is 3. The topological polar surface area (TPSA) is 44.9 Å². The fourth-order valence-corrected chi connectivity index (χ4v) is 7.70. The number of aromatic nitrogens is 4. The van der Waals surface area contributed by atoms with E-state index in [0.717, 1.165) is 45.4 Å². The third-order valence-electron chi connectivity index (χ3n) is 9.92. The molecule has 6 aromatic rings. The number of allylic oxidation sites excluding steroid dienone is 2. The van der Waals surface area contributed by atoms with Crippen LogP contribution in [0.15, 0.2) is 96.7 Å². The Labute approximate surface area is 270 Å². The summed E-state index contributed by atoms with van der Waals surface area (Å²) in [7, 11) is 0. The minimum absolute atomic E-state index is 0.326. The maximum atomic E-state index is 14.3. The molecule has 234 valence electrons. The third-order valence-corrected chi connectivity index (χ3v) is 9.92. The minimum atomic E-state index is -0.326. The van der Waals surface area contributed by atoms with Gasteiger partial charge in [-0.15, -0.1) is 0 Å². The fraction of sp³-hybridized carbons (Fsp3) is 0.300. The summed E-state index contributed by atoms with van der Waals surface area (Å²) in [4.78, 5) is 4.49. The zero-order chi connectivity index (χ0) is 31.9. The van der Waals surface area contributed by atoms with Crippen molar-refractivity contribution in [3.63, 3.8) is 0 Å². The van der Waals surface area contributed by atoms with Crippen LogP contribution in [0.1, 0.15) is 69.3 Å². The van der Waals surface area contributed by atoms with Gasteiger partial charge in [-0.25, -0.2) is 14.1 Å². The van der Waals surface area contributed by atoms with E-state index in [1.165, 1.54) is 48.8 Å². The van der Waals surface area contributed by atoms with E-state index in [1.807, 2.05) is 47.0 Å². The van der Waals surface area contributed by atoms with Crippen LogP contribution in [0.2, 0.25) is 0 Å². The molecule has 3 atom stereocenters. The Kier molecular flexibility index (Phi) is 7.97. The summed E-state index contributed by atoms with van der Waals surface area (Å²) in [6.07, 6.45) is 8.75. The van der Waals surface area contributed by atoms with Gasteiger partial charge < -0.3 is 4.74 Å². The highest BCUT2D eigenvalue weighted by Gasteiger charge is 2.34. The van der Waals surface area contributed by atoms with Gasteiger partial charge in [0.1, 0.15) is 23.1 Å². The van der Waals surface area contributed by atoms with Crippen molar-refractivity contribution in [1.82, 2.24) is 19.3 Å². The minimum Gasteiger partial charge on any atom is -0.457 e. The van der Waals surface area contributed by atoms with Gasteiger partial charge in [-0.05, 0) is 81.3 Å². The molecule has 0 amide bonds. The summed E-state index contributed by atoms with van der Waals surface area (Å²) in [6, 6.07) is 25.1. The highest BCUT2D eigenvalue weighted by Crippen LogP contribution is 2.46. The highest BCUT2D eigenvalue weighted by molar-refractivity contribution is 6.09. The maximum absolute atomic E-state index is 14.3. The van der Waals surface area contributed by atoms with Gasteiger partial charge in [0.15, 0.2) is 0 Å². The maximum Gasteiger partial charge on any atom is 0.140 e. The zero-order valence-electron chi connectivity index (χ0n) is 27.3. The molecule has 6 heteroatoms. The second-order valence-electron chi connectivity index (χ2n) is 12.6. The fourth-order valence-electron chi connectivity index (χ4n) is 7.70. The van der Waals surface area contributed by atoms with Crippen LogP contribution in [0.25, 0.3) is 33.3 Å². The van der Waals surface area contributed by atoms with E-state index in [-0.39, 0.29) is 5.82 Å². The van der Waals surface area contributed by atoms with Crippen molar-refractivity contribution in [2.24, 2.45) is 11.8 Å². The molecule has 0 aliphatic heterocycles. The average molecular weight is 613 g/mol. The first kappa shape index (κ1) is 30.0. The predicted octanol–water partition coefficient (Wildman–Crippen LogP) is 10.8. The molecule has 3 aromatic carbocycles. The third kappa shape index (κ3) is 5.20. The first-order valence-electron chi connectivity index (χ1n) is 16.6. The molecule has 5 nitrogen and oxygen atoms in total. The van der Waals surface area contributed by atoms with Crippen molar-refractivity contribution in [1.29, 1.82) is 0 Å². The van der Waals surface area contributed by atoms with Crippen LogP contribution in [-0.4, -0.2) is 19.3 Å². The first-order chi connectivity index (χ1) is 22.4. The molecule has 0 radical (unpaired) electrons. The number of pyridine rings is 1. The number of nitrogens with zero attached hydrogens (tertiary/aromatic N) is 4. The number of hydrogen-bond donors (Lipinski definition) is 0. The summed E-state index contributed by atoms with van der Waals surface area (Å²) >= 11 is 0. The lowest BCUT2D eigenvalue weighted by atomic mass is 9.68. The molecule has 0 saturated carbocycles. The second-order valence-corrected chi connectivity index (χ2v) is 12.6. The Bertz CT molecular complexity index is 2090. The van der Waals surface area contributed by atoms with E-state index in [9.17, 15) is 4.39 Å². The Morgan fingerprint density at radius 1 is 0.848 bits per heavy atom. The SMILES string of the molecule is CCC1=C[C@H](CC)C[C@H](CC)C1c1c(C)nn(-c2cccc(Oc3ccc4c5ccccc5n(-c5cc(F)ccn5)c4c3)c2)c1C. The van der Waals surface area contributed by atoms with Crippen molar-refractivity contribution in [3.05, 3.63) is 119 Å². The van der Waals surface area contributed by atoms with E-state index in [2.05, 4.69) is 74.6 Å². The van der Waals surface area contributed by atoms with Crippen LogP contribution in [0.4, 0.5) is 4.39 Å². The largest absolute Gasteiger partial charge is 0.457 e. The zero-order valence-corrected chi connectivity index (χ0v) is 27.3. The molecule has 0 bridgehead atoms. The number of para-hydroxylation sites is 1. The quantitative estimate of drug-likeness (QED) is 0.161. The van der Waals surface area contributed by atoms with E-state index in [4.69, 9.17) is 9.84 Å². The number of rotatable bonds is 8. The summed E-state index contributed by atoms with van der Waals surface area (Å²) in [6.45, 7) is 11.3. The van der Waals surface area contributed by atoms with Gasteiger partial charge in [-0.2, -0.15) is 5.10 Å². The van der Waals surface area contributed by atoms with Crippen molar-refractivity contribution >= 4 is 21.8 Å². The number of benzene rings is 3. The molecular formula is C40H41FN4O. The van der Waals surface area contributed by atoms with E-state index < -0.39 is 0 Å². The van der Waals surface area contributed by atoms with E-state index in [1.54, 1.807) is 5.57 Å². The molecule has 46 heavy (non-hydrogen) atoms. The van der Waals surface area contributed by atoms with Crippen molar-refractivity contribution in [2.45, 2.75) is 66.2 Å². The van der Waals surface area contributed by atoms with E-state index in [0.29, 0.717) is 29.3 Å². The highest BCUT2D eigenvalue weighted by atomic mass is 19.1. The number of ether oxygens (including phenoxy) is 1. The van der Waals surface area contributed by atoms with Crippen molar-refractivity contribution in [2.75, 3.05) is 0 Å².